The van der Waals surface area contributed by atoms with Gasteiger partial charge in [0.1, 0.15) is 17.8 Å². The molecular weight excluding hydrogens is 332 g/mol. The number of nitrogens with one attached hydrogen (secondary N) is 4. The topological polar surface area (TPSA) is 90.6 Å². The molecule has 0 saturated heterocycles. The number of hydrogen-bond acceptors (Lipinski definition) is 6. The molecular formula is C18H22N6O2+2. The number of fused-ring (bicyclic) bond motifs is 1. The lowest BCUT2D eigenvalue weighted by molar-refractivity contribution is -0.992. The summed E-state index contributed by atoms with van der Waals surface area (Å²) >= 11 is 0. The van der Waals surface area contributed by atoms with Crippen molar-refractivity contribution in [1.82, 2.24) is 15.3 Å². The van der Waals surface area contributed by atoms with Crippen molar-refractivity contribution in [2.24, 2.45) is 0 Å². The molecule has 4 N–H and O–H groups in total. The van der Waals surface area contributed by atoms with Crippen LogP contribution in [0.1, 0.15) is 11.5 Å². The van der Waals surface area contributed by atoms with Gasteiger partial charge in [0.2, 0.25) is 0 Å². The number of hydrogen-bond donors (Lipinski definition) is 4. The Bertz CT molecular complexity index is 938. The lowest BCUT2D eigenvalue weighted by Gasteiger charge is -2.19. The lowest BCUT2D eigenvalue weighted by Crippen LogP contribution is -3.23. The third-order valence-corrected chi connectivity index (χ3v) is 4.37. The van der Waals surface area contributed by atoms with E-state index in [2.05, 4.69) is 25.6 Å². The van der Waals surface area contributed by atoms with E-state index in [-0.39, 0.29) is 0 Å². The fourth-order valence-electron chi connectivity index (χ4n) is 3.04. The Morgan fingerprint density at radius 3 is 2.96 bits per heavy atom. The molecule has 1 atom stereocenters. The summed E-state index contributed by atoms with van der Waals surface area (Å²) in [4.78, 5) is 13.8. The second-order valence-corrected chi connectivity index (χ2v) is 6.20. The SMILES string of the molecule is COc1cccc2c(C)nc(NC3=[NH+]C[NH+](Cc4ccco4)CN3)nc12. The van der Waals surface area contributed by atoms with Gasteiger partial charge in [-0.05, 0) is 25.1 Å². The maximum absolute atomic E-state index is 5.42. The van der Waals surface area contributed by atoms with Crippen molar-refractivity contribution in [1.29, 1.82) is 0 Å². The summed E-state index contributed by atoms with van der Waals surface area (Å²) in [7, 11) is 1.65. The smallest absolute Gasteiger partial charge is 0.359 e. The van der Waals surface area contributed by atoms with E-state index < -0.39 is 0 Å². The molecule has 0 amide bonds. The predicted molar refractivity (Wildman–Crippen MR) is 96.7 cm³/mol. The molecule has 0 bridgehead atoms. The summed E-state index contributed by atoms with van der Waals surface area (Å²) in [5.41, 5.74) is 1.70. The van der Waals surface area contributed by atoms with Crippen LogP contribution >= 0.6 is 0 Å². The first kappa shape index (κ1) is 16.3. The number of rotatable bonds is 4. The van der Waals surface area contributed by atoms with Gasteiger partial charge in [0.05, 0.1) is 19.1 Å². The Hall–Kier alpha value is -3.13. The van der Waals surface area contributed by atoms with E-state index in [9.17, 15) is 0 Å². The molecule has 0 radical (unpaired) electrons. The van der Waals surface area contributed by atoms with Crippen LogP contribution in [0.5, 0.6) is 5.75 Å². The molecule has 3 heterocycles. The molecule has 0 saturated carbocycles. The Kier molecular flexibility index (Phi) is 4.40. The molecule has 3 aromatic rings. The van der Waals surface area contributed by atoms with Crippen LogP contribution in [0.4, 0.5) is 5.95 Å². The molecule has 26 heavy (non-hydrogen) atoms. The van der Waals surface area contributed by atoms with Crippen molar-refractivity contribution < 1.29 is 19.0 Å². The van der Waals surface area contributed by atoms with Gasteiger partial charge in [0.15, 0.2) is 19.1 Å². The number of ether oxygens (including phenoxy) is 1. The number of nitrogens with zero attached hydrogens (tertiary/aromatic N) is 2. The first-order valence-corrected chi connectivity index (χ1v) is 8.52. The highest BCUT2D eigenvalue weighted by Crippen LogP contribution is 2.25. The van der Waals surface area contributed by atoms with Crippen molar-refractivity contribution in [3.05, 3.63) is 48.0 Å². The first-order valence-electron chi connectivity index (χ1n) is 8.52. The molecule has 1 aliphatic heterocycles. The number of benzene rings is 1. The maximum Gasteiger partial charge on any atom is 0.359 e. The maximum atomic E-state index is 5.42. The van der Waals surface area contributed by atoms with Crippen LogP contribution in [-0.4, -0.2) is 36.4 Å². The van der Waals surface area contributed by atoms with Gasteiger partial charge < -0.3 is 9.15 Å². The summed E-state index contributed by atoms with van der Waals surface area (Å²) in [6.45, 7) is 4.33. The standard InChI is InChI=1S/C18H20N6O2/c1-12-14-6-3-7-15(25-2)16(14)22-18(21-12)23-17-19-10-24(11-20-17)9-13-5-4-8-26-13/h3-8H,9-11H2,1-2H3,(H2,19,20,21,22,23)/p+2. The van der Waals surface area contributed by atoms with Gasteiger partial charge in [-0.3, -0.25) is 4.90 Å². The zero-order valence-electron chi connectivity index (χ0n) is 14.8. The highest BCUT2D eigenvalue weighted by molar-refractivity contribution is 5.91. The highest BCUT2D eigenvalue weighted by Gasteiger charge is 2.22. The number of para-hydroxylation sites is 1. The second kappa shape index (κ2) is 7.01. The molecule has 1 aliphatic rings. The monoisotopic (exact) mass is 354 g/mol. The van der Waals surface area contributed by atoms with Gasteiger partial charge in [-0.2, -0.15) is 4.98 Å². The number of anilines is 1. The Balaban J connectivity index is 1.50. The Labute approximate surface area is 150 Å². The molecule has 0 fully saturated rings. The number of guanidine groups is 1. The van der Waals surface area contributed by atoms with Crippen molar-refractivity contribution in [3.63, 3.8) is 0 Å². The lowest BCUT2D eigenvalue weighted by atomic mass is 10.2. The number of quaternary nitrogens is 1. The summed E-state index contributed by atoms with van der Waals surface area (Å²) < 4.78 is 10.8. The van der Waals surface area contributed by atoms with Gasteiger partial charge in [0, 0.05) is 5.39 Å². The van der Waals surface area contributed by atoms with E-state index in [1.54, 1.807) is 13.4 Å². The van der Waals surface area contributed by atoms with Crippen LogP contribution in [0.15, 0.2) is 41.0 Å². The van der Waals surface area contributed by atoms with Crippen molar-refractivity contribution in [2.75, 3.05) is 25.8 Å². The van der Waals surface area contributed by atoms with E-state index in [4.69, 9.17) is 9.15 Å². The molecule has 0 spiro atoms. The summed E-state index contributed by atoms with van der Waals surface area (Å²) in [5.74, 6) is 3.03. The zero-order chi connectivity index (χ0) is 17.9. The van der Waals surface area contributed by atoms with Crippen LogP contribution in [0.3, 0.4) is 0 Å². The second-order valence-electron chi connectivity index (χ2n) is 6.20. The molecule has 8 heteroatoms. The van der Waals surface area contributed by atoms with Crippen LogP contribution in [0.25, 0.3) is 10.9 Å². The van der Waals surface area contributed by atoms with E-state index in [0.29, 0.717) is 5.95 Å². The normalized spacial score (nSPS) is 16.8. The largest absolute Gasteiger partial charge is 0.494 e. The van der Waals surface area contributed by atoms with Crippen molar-refractivity contribution >= 4 is 22.8 Å². The average Bonchev–Trinajstić information content (AvgIpc) is 3.16. The van der Waals surface area contributed by atoms with Gasteiger partial charge in [-0.25, -0.2) is 20.6 Å². The Morgan fingerprint density at radius 2 is 2.23 bits per heavy atom. The molecule has 8 nitrogen and oxygen atoms in total. The average molecular weight is 354 g/mol. The predicted octanol–water partition coefficient (Wildman–Crippen LogP) is -1.01. The summed E-state index contributed by atoms with van der Waals surface area (Å²) in [6, 6.07) is 9.74. The fourth-order valence-corrected chi connectivity index (χ4v) is 3.04. The molecule has 1 unspecified atom stereocenters. The summed E-state index contributed by atoms with van der Waals surface area (Å²) in [5, 5.41) is 7.54. The third kappa shape index (κ3) is 3.31. The molecule has 1 aromatic carbocycles. The first-order chi connectivity index (χ1) is 12.7. The molecule has 2 aromatic heterocycles. The van der Waals surface area contributed by atoms with Gasteiger partial charge in [-0.1, -0.05) is 12.1 Å². The molecule has 134 valence electrons. The third-order valence-electron chi connectivity index (χ3n) is 4.37. The minimum Gasteiger partial charge on any atom is -0.494 e. The van der Waals surface area contributed by atoms with E-state index >= 15 is 0 Å². The number of aromatic nitrogens is 2. The number of methoxy groups -OCH3 is 1. The summed E-state index contributed by atoms with van der Waals surface area (Å²) in [6.07, 6.45) is 1.70. The number of furan rings is 1. The van der Waals surface area contributed by atoms with Crippen LogP contribution in [0, 0.1) is 6.92 Å². The van der Waals surface area contributed by atoms with E-state index in [0.717, 1.165) is 53.9 Å². The van der Waals surface area contributed by atoms with Crippen molar-refractivity contribution in [2.45, 2.75) is 13.5 Å². The van der Waals surface area contributed by atoms with Crippen LogP contribution in [-0.2, 0) is 6.54 Å². The molecule has 4 rings (SSSR count). The van der Waals surface area contributed by atoms with E-state index in [1.807, 2.05) is 37.3 Å². The minimum atomic E-state index is 0.531. The van der Waals surface area contributed by atoms with Gasteiger partial charge in [0.25, 0.3) is 5.95 Å². The van der Waals surface area contributed by atoms with Gasteiger partial charge in [-0.15, -0.1) is 0 Å². The molecule has 0 aliphatic carbocycles. The van der Waals surface area contributed by atoms with E-state index in [1.165, 1.54) is 4.90 Å². The Morgan fingerprint density at radius 1 is 1.31 bits per heavy atom. The highest BCUT2D eigenvalue weighted by atomic mass is 16.5. The van der Waals surface area contributed by atoms with Gasteiger partial charge >= 0.3 is 5.96 Å². The zero-order valence-corrected chi connectivity index (χ0v) is 14.8. The quantitative estimate of drug-likeness (QED) is 0.480. The fraction of sp³-hybridized carbons (Fsp3) is 0.278. The van der Waals surface area contributed by atoms with Crippen LogP contribution in [0.2, 0.25) is 0 Å². The van der Waals surface area contributed by atoms with Crippen molar-refractivity contribution in [3.8, 4) is 5.75 Å². The minimum absolute atomic E-state index is 0.531. The number of aryl methyl sites for hydroxylation is 1. The van der Waals surface area contributed by atoms with Crippen LogP contribution < -0.4 is 25.3 Å².